The van der Waals surface area contributed by atoms with Gasteiger partial charge in [-0.05, 0) is 50.5 Å². The fraction of sp³-hybridized carbons (Fsp3) is 0.696. The van der Waals surface area contributed by atoms with E-state index in [1.807, 2.05) is 9.47 Å². The number of nitrogens with zero attached hydrogens (tertiary/aromatic N) is 4. The topological polar surface area (TPSA) is 58.4 Å². The van der Waals surface area contributed by atoms with E-state index in [1.165, 1.54) is 36.1 Å². The van der Waals surface area contributed by atoms with Crippen LogP contribution in [-0.4, -0.2) is 46.5 Å². The van der Waals surface area contributed by atoms with Crippen molar-refractivity contribution in [2.24, 2.45) is 5.92 Å². The molecular weight excluding hydrogens is 396 g/mol. The molecule has 7 heteroatoms. The molecule has 0 atom stereocenters. The van der Waals surface area contributed by atoms with Crippen molar-refractivity contribution in [3.8, 4) is 0 Å². The van der Waals surface area contributed by atoms with Crippen LogP contribution < -0.4 is 10.5 Å². The van der Waals surface area contributed by atoms with Crippen molar-refractivity contribution in [3.05, 3.63) is 20.8 Å². The Balaban J connectivity index is 1.43. The Kier molecular flexibility index (Phi) is 5.56. The van der Waals surface area contributed by atoms with Crippen molar-refractivity contribution in [3.63, 3.8) is 0 Å². The number of hydrogen-bond acceptors (Lipinski definition) is 5. The highest BCUT2D eigenvalue weighted by molar-refractivity contribution is 7.18. The van der Waals surface area contributed by atoms with Gasteiger partial charge in [-0.2, -0.15) is 0 Å². The van der Waals surface area contributed by atoms with Gasteiger partial charge in [0.2, 0.25) is 11.9 Å². The average molecular weight is 429 g/mol. The first kappa shape index (κ1) is 20.0. The lowest BCUT2D eigenvalue weighted by Gasteiger charge is -2.37. The summed E-state index contributed by atoms with van der Waals surface area (Å²) < 4.78 is 1.90. The zero-order valence-electron chi connectivity index (χ0n) is 18.0. The van der Waals surface area contributed by atoms with Gasteiger partial charge in [-0.15, -0.1) is 11.3 Å². The van der Waals surface area contributed by atoms with Crippen LogP contribution in [0.3, 0.4) is 0 Å². The van der Waals surface area contributed by atoms with E-state index >= 15 is 0 Å². The molecule has 3 heterocycles. The third kappa shape index (κ3) is 3.45. The smallest absolute Gasteiger partial charge is 0.263 e. The molecule has 0 radical (unpaired) electrons. The lowest BCUT2D eigenvalue weighted by molar-refractivity contribution is -0.135. The largest absolute Gasteiger partial charge is 0.339 e. The van der Waals surface area contributed by atoms with E-state index in [0.29, 0.717) is 12.5 Å². The summed E-state index contributed by atoms with van der Waals surface area (Å²) >= 11 is 1.73. The molecular formula is C23H32N4O2S. The standard InChI is InChI=1S/C23H32N4O2S/c1-2-11-27-22(29)19-17-9-5-6-10-18(17)30-20(19)24-23(27)26-14-12-25(13-15-26)21(28)16-7-3-4-8-16/h16H,2-15H2,1H3. The number of aryl methyl sites for hydroxylation is 2. The number of fused-ring (bicyclic) bond motifs is 3. The van der Waals surface area contributed by atoms with Crippen LogP contribution in [0.1, 0.15) is 62.3 Å². The lowest BCUT2D eigenvalue weighted by Crippen LogP contribution is -2.51. The number of amides is 1. The van der Waals surface area contributed by atoms with Gasteiger partial charge in [0, 0.05) is 43.5 Å². The van der Waals surface area contributed by atoms with Crippen LogP contribution in [0, 0.1) is 5.92 Å². The van der Waals surface area contributed by atoms with Crippen molar-refractivity contribution >= 4 is 33.4 Å². The summed E-state index contributed by atoms with van der Waals surface area (Å²) in [7, 11) is 0. The molecule has 1 saturated heterocycles. The van der Waals surface area contributed by atoms with Gasteiger partial charge in [-0.1, -0.05) is 19.8 Å². The SMILES string of the molecule is CCCn1c(N2CCN(C(=O)C3CCCC3)CC2)nc2sc3c(c2c1=O)CCCC3. The van der Waals surface area contributed by atoms with Crippen LogP contribution in [0.15, 0.2) is 4.79 Å². The minimum absolute atomic E-state index is 0.140. The van der Waals surface area contributed by atoms with Gasteiger partial charge in [0.25, 0.3) is 5.56 Å². The number of hydrogen-bond donors (Lipinski definition) is 0. The summed E-state index contributed by atoms with van der Waals surface area (Å²) in [5.74, 6) is 1.38. The van der Waals surface area contributed by atoms with Crippen molar-refractivity contribution in [1.82, 2.24) is 14.5 Å². The maximum atomic E-state index is 13.5. The molecule has 0 spiro atoms. The maximum Gasteiger partial charge on any atom is 0.263 e. The Bertz CT molecular complexity index is 997. The quantitative estimate of drug-likeness (QED) is 0.747. The van der Waals surface area contributed by atoms with Crippen LogP contribution in [0.5, 0.6) is 0 Å². The van der Waals surface area contributed by atoms with E-state index < -0.39 is 0 Å². The lowest BCUT2D eigenvalue weighted by atomic mass is 9.97. The van der Waals surface area contributed by atoms with Crippen molar-refractivity contribution in [1.29, 1.82) is 0 Å². The van der Waals surface area contributed by atoms with Gasteiger partial charge < -0.3 is 9.80 Å². The minimum atomic E-state index is 0.140. The number of anilines is 1. The van der Waals surface area contributed by atoms with Gasteiger partial charge in [0.15, 0.2) is 0 Å². The molecule has 162 valence electrons. The van der Waals surface area contributed by atoms with E-state index in [4.69, 9.17) is 4.98 Å². The number of carbonyl (C=O) groups is 1. The zero-order valence-corrected chi connectivity index (χ0v) is 18.8. The third-order valence-electron chi connectivity index (χ3n) is 7.08. The molecule has 6 nitrogen and oxygen atoms in total. The van der Waals surface area contributed by atoms with Gasteiger partial charge in [-0.25, -0.2) is 4.98 Å². The van der Waals surface area contributed by atoms with Gasteiger partial charge in [0.1, 0.15) is 4.83 Å². The first-order valence-electron chi connectivity index (χ1n) is 11.8. The Hall–Kier alpha value is -1.89. The van der Waals surface area contributed by atoms with E-state index in [2.05, 4.69) is 11.8 Å². The predicted molar refractivity (Wildman–Crippen MR) is 122 cm³/mol. The van der Waals surface area contributed by atoms with Crippen molar-refractivity contribution < 1.29 is 4.79 Å². The van der Waals surface area contributed by atoms with Gasteiger partial charge >= 0.3 is 0 Å². The molecule has 1 amide bonds. The monoisotopic (exact) mass is 428 g/mol. The highest BCUT2D eigenvalue weighted by atomic mass is 32.1. The molecule has 0 unspecified atom stereocenters. The van der Waals surface area contributed by atoms with E-state index in [-0.39, 0.29) is 11.5 Å². The summed E-state index contributed by atoms with van der Waals surface area (Å²) in [4.78, 5) is 37.9. The van der Waals surface area contributed by atoms with Gasteiger partial charge in [-0.3, -0.25) is 14.2 Å². The third-order valence-corrected chi connectivity index (χ3v) is 8.27. The second kappa shape index (κ2) is 8.33. The van der Waals surface area contributed by atoms with E-state index in [1.54, 1.807) is 11.3 Å². The van der Waals surface area contributed by atoms with E-state index in [0.717, 1.165) is 74.4 Å². The molecule has 0 bridgehead atoms. The van der Waals surface area contributed by atoms with Gasteiger partial charge in [0.05, 0.1) is 5.39 Å². The van der Waals surface area contributed by atoms with Crippen LogP contribution >= 0.6 is 11.3 Å². The fourth-order valence-corrected chi connectivity index (χ4v) is 6.70. The molecule has 1 saturated carbocycles. The number of rotatable bonds is 4. The maximum absolute atomic E-state index is 13.5. The zero-order chi connectivity index (χ0) is 20.7. The first-order valence-corrected chi connectivity index (χ1v) is 12.6. The molecule has 5 rings (SSSR count). The van der Waals surface area contributed by atoms with E-state index in [9.17, 15) is 9.59 Å². The fourth-order valence-electron chi connectivity index (χ4n) is 5.45. The first-order chi connectivity index (χ1) is 14.7. The van der Waals surface area contributed by atoms with Crippen LogP contribution in [0.4, 0.5) is 5.95 Å². The Morgan fingerprint density at radius 2 is 1.80 bits per heavy atom. The van der Waals surface area contributed by atoms with Crippen molar-refractivity contribution in [2.75, 3.05) is 31.1 Å². The molecule has 1 aliphatic heterocycles. The summed E-state index contributed by atoms with van der Waals surface area (Å²) in [6.07, 6.45) is 9.88. The van der Waals surface area contributed by atoms with Crippen molar-refractivity contribution in [2.45, 2.75) is 71.3 Å². The number of aromatic nitrogens is 2. The summed E-state index contributed by atoms with van der Waals surface area (Å²) in [5, 5.41) is 0.877. The second-order valence-electron chi connectivity index (χ2n) is 9.05. The van der Waals surface area contributed by atoms with Crippen LogP contribution in [0.2, 0.25) is 0 Å². The van der Waals surface area contributed by atoms with Crippen LogP contribution in [-0.2, 0) is 24.2 Å². The summed E-state index contributed by atoms with van der Waals surface area (Å²) in [6.45, 7) is 5.79. The molecule has 0 aromatic carbocycles. The normalized spacial score (nSPS) is 20.2. The predicted octanol–water partition coefficient (Wildman–Crippen LogP) is 3.59. The number of carbonyl (C=O) groups excluding carboxylic acids is 1. The Morgan fingerprint density at radius 3 is 2.53 bits per heavy atom. The average Bonchev–Trinajstić information content (AvgIpc) is 3.43. The second-order valence-corrected chi connectivity index (χ2v) is 10.1. The highest BCUT2D eigenvalue weighted by Gasteiger charge is 2.31. The number of piperazine rings is 1. The molecule has 30 heavy (non-hydrogen) atoms. The Labute approximate surface area is 181 Å². The number of thiophene rings is 1. The molecule has 2 aromatic heterocycles. The molecule has 3 aliphatic rings. The summed E-state index contributed by atoms with van der Waals surface area (Å²) in [5.41, 5.74) is 1.41. The summed E-state index contributed by atoms with van der Waals surface area (Å²) in [6, 6.07) is 0. The molecule has 0 N–H and O–H groups in total. The molecule has 2 aliphatic carbocycles. The minimum Gasteiger partial charge on any atom is -0.339 e. The highest BCUT2D eigenvalue weighted by Crippen LogP contribution is 2.35. The molecule has 2 fully saturated rings. The Morgan fingerprint density at radius 1 is 1.07 bits per heavy atom. The van der Waals surface area contributed by atoms with Crippen LogP contribution in [0.25, 0.3) is 10.2 Å². The molecule has 2 aromatic rings.